The summed E-state index contributed by atoms with van der Waals surface area (Å²) in [7, 11) is 1.80. The van der Waals surface area contributed by atoms with Crippen LogP contribution in [0.3, 0.4) is 0 Å². The van der Waals surface area contributed by atoms with Crippen LogP contribution in [-0.4, -0.2) is 22.2 Å². The van der Waals surface area contributed by atoms with Crippen molar-refractivity contribution in [1.82, 2.24) is 9.78 Å². The van der Waals surface area contributed by atoms with Gasteiger partial charge in [-0.1, -0.05) is 6.08 Å². The maximum atomic E-state index is 11.2. The molecule has 5 nitrogen and oxygen atoms in total. The summed E-state index contributed by atoms with van der Waals surface area (Å²) in [4.78, 5) is 11.2. The summed E-state index contributed by atoms with van der Waals surface area (Å²) in [5.41, 5.74) is 6.74. The first kappa shape index (κ1) is 10.5. The molecule has 0 spiro atoms. The number of hydrogen-bond donors (Lipinski definition) is 2. The summed E-state index contributed by atoms with van der Waals surface area (Å²) in [6.07, 6.45) is 4.76. The Morgan fingerprint density at radius 3 is 3.00 bits per heavy atom. The molecule has 1 rings (SSSR count). The molecule has 0 bridgehead atoms. The zero-order valence-corrected chi connectivity index (χ0v) is 8.32. The number of amides is 1. The van der Waals surface area contributed by atoms with Crippen molar-refractivity contribution in [2.24, 2.45) is 12.8 Å². The third kappa shape index (κ3) is 2.70. The molecule has 1 aromatic rings. The molecule has 0 aliphatic heterocycles. The van der Waals surface area contributed by atoms with Gasteiger partial charge in [-0.2, -0.15) is 5.10 Å². The Bertz CT molecular complexity index is 354. The maximum absolute atomic E-state index is 11.2. The fraction of sp³-hybridized carbons (Fsp3) is 0.333. The van der Waals surface area contributed by atoms with Gasteiger partial charge in [0.05, 0.1) is 11.4 Å². The smallest absolute Gasteiger partial charge is 0.248 e. The van der Waals surface area contributed by atoms with Gasteiger partial charge < -0.3 is 11.1 Å². The molecule has 5 heteroatoms. The third-order valence-electron chi connectivity index (χ3n) is 1.68. The largest absolute Gasteiger partial charge is 0.327 e. The van der Waals surface area contributed by atoms with Gasteiger partial charge in [0.2, 0.25) is 5.91 Å². The van der Waals surface area contributed by atoms with Crippen molar-refractivity contribution in [3.8, 4) is 0 Å². The van der Waals surface area contributed by atoms with Crippen molar-refractivity contribution in [2.45, 2.75) is 6.92 Å². The number of nitrogens with two attached hydrogens (primary N) is 1. The second kappa shape index (κ2) is 4.57. The van der Waals surface area contributed by atoms with Crippen LogP contribution in [0.4, 0.5) is 5.69 Å². The van der Waals surface area contributed by atoms with Gasteiger partial charge in [-0.3, -0.25) is 9.48 Å². The fourth-order valence-electron chi connectivity index (χ4n) is 1.07. The molecule has 0 radical (unpaired) electrons. The molecule has 76 valence electrons. The van der Waals surface area contributed by atoms with Crippen LogP contribution < -0.4 is 11.1 Å². The van der Waals surface area contributed by atoms with Crippen molar-refractivity contribution in [3.05, 3.63) is 24.0 Å². The highest BCUT2D eigenvalue weighted by Crippen LogP contribution is 2.10. The van der Waals surface area contributed by atoms with Crippen molar-refractivity contribution < 1.29 is 4.79 Å². The lowest BCUT2D eigenvalue weighted by atomic mass is 10.4. The minimum atomic E-state index is -0.188. The Kier molecular flexibility index (Phi) is 3.41. The molecule has 0 aliphatic carbocycles. The van der Waals surface area contributed by atoms with Gasteiger partial charge in [0.15, 0.2) is 0 Å². The van der Waals surface area contributed by atoms with Gasteiger partial charge >= 0.3 is 0 Å². The van der Waals surface area contributed by atoms with E-state index in [1.165, 1.54) is 6.08 Å². The van der Waals surface area contributed by atoms with E-state index in [0.717, 1.165) is 11.4 Å². The predicted octanol–water partition coefficient (Wildman–Crippen LogP) is 0.182. The maximum Gasteiger partial charge on any atom is 0.248 e. The highest BCUT2D eigenvalue weighted by atomic mass is 16.1. The van der Waals surface area contributed by atoms with Gasteiger partial charge in [-0.05, 0) is 6.92 Å². The quantitative estimate of drug-likeness (QED) is 0.674. The zero-order valence-electron chi connectivity index (χ0n) is 8.32. The first-order chi connectivity index (χ1) is 6.63. The molecule has 3 N–H and O–H groups in total. The molecular weight excluding hydrogens is 180 g/mol. The van der Waals surface area contributed by atoms with E-state index >= 15 is 0 Å². The molecule has 0 atom stereocenters. The number of aryl methyl sites for hydroxylation is 2. The van der Waals surface area contributed by atoms with Crippen LogP contribution in [-0.2, 0) is 11.8 Å². The number of anilines is 1. The van der Waals surface area contributed by atoms with Gasteiger partial charge in [0.1, 0.15) is 0 Å². The Hall–Kier alpha value is -1.62. The standard InChI is InChI=1S/C9H14N4O/c1-7-8(6-13(2)12-7)11-9(14)4-3-5-10/h3-4,6H,5,10H2,1-2H3,(H,11,14)/b4-3+. The lowest BCUT2D eigenvalue weighted by molar-refractivity contribution is -0.111. The zero-order chi connectivity index (χ0) is 10.6. The summed E-state index contributed by atoms with van der Waals surface area (Å²) >= 11 is 0. The van der Waals surface area contributed by atoms with Crippen LogP contribution in [0.15, 0.2) is 18.3 Å². The van der Waals surface area contributed by atoms with E-state index in [9.17, 15) is 4.79 Å². The summed E-state index contributed by atoms with van der Waals surface area (Å²) in [6.45, 7) is 2.20. The van der Waals surface area contributed by atoms with Gasteiger partial charge in [-0.25, -0.2) is 0 Å². The molecule has 0 fully saturated rings. The molecule has 0 aliphatic rings. The van der Waals surface area contributed by atoms with E-state index in [0.29, 0.717) is 6.54 Å². The Morgan fingerprint density at radius 1 is 1.79 bits per heavy atom. The van der Waals surface area contributed by atoms with Gasteiger partial charge in [0.25, 0.3) is 0 Å². The summed E-state index contributed by atoms with van der Waals surface area (Å²) in [5.74, 6) is -0.188. The van der Waals surface area contributed by atoms with Crippen molar-refractivity contribution in [1.29, 1.82) is 0 Å². The lowest BCUT2D eigenvalue weighted by Gasteiger charge is -1.97. The summed E-state index contributed by atoms with van der Waals surface area (Å²) in [6, 6.07) is 0. The number of nitrogens with zero attached hydrogens (tertiary/aromatic N) is 2. The number of carbonyl (C=O) groups is 1. The number of hydrogen-bond acceptors (Lipinski definition) is 3. The van der Waals surface area contributed by atoms with E-state index in [1.807, 2.05) is 6.92 Å². The summed E-state index contributed by atoms with van der Waals surface area (Å²) in [5, 5.41) is 6.80. The van der Waals surface area contributed by atoms with Crippen LogP contribution >= 0.6 is 0 Å². The molecule has 1 aromatic heterocycles. The van der Waals surface area contributed by atoms with Crippen LogP contribution in [0.2, 0.25) is 0 Å². The highest BCUT2D eigenvalue weighted by molar-refractivity contribution is 5.99. The average molecular weight is 194 g/mol. The van der Waals surface area contributed by atoms with Crippen molar-refractivity contribution >= 4 is 11.6 Å². The molecule has 0 aromatic carbocycles. The first-order valence-corrected chi connectivity index (χ1v) is 4.31. The predicted molar refractivity (Wildman–Crippen MR) is 54.8 cm³/mol. The van der Waals surface area contributed by atoms with E-state index in [1.54, 1.807) is 24.0 Å². The second-order valence-electron chi connectivity index (χ2n) is 2.93. The fourth-order valence-corrected chi connectivity index (χ4v) is 1.07. The Labute approximate surface area is 82.6 Å². The Balaban J connectivity index is 2.64. The topological polar surface area (TPSA) is 72.9 Å². The van der Waals surface area contributed by atoms with E-state index in [4.69, 9.17) is 5.73 Å². The lowest BCUT2D eigenvalue weighted by Crippen LogP contribution is -2.09. The molecule has 0 saturated heterocycles. The van der Waals surface area contributed by atoms with Crippen LogP contribution in [0.5, 0.6) is 0 Å². The highest BCUT2D eigenvalue weighted by Gasteiger charge is 2.04. The second-order valence-corrected chi connectivity index (χ2v) is 2.93. The van der Waals surface area contributed by atoms with Crippen LogP contribution in [0.25, 0.3) is 0 Å². The molecule has 1 amide bonds. The van der Waals surface area contributed by atoms with Gasteiger partial charge in [0, 0.05) is 25.9 Å². The van der Waals surface area contributed by atoms with Crippen LogP contribution in [0, 0.1) is 6.92 Å². The molecule has 0 unspecified atom stereocenters. The average Bonchev–Trinajstić information content (AvgIpc) is 2.42. The van der Waals surface area contributed by atoms with E-state index in [-0.39, 0.29) is 5.91 Å². The Morgan fingerprint density at radius 2 is 2.50 bits per heavy atom. The monoisotopic (exact) mass is 194 g/mol. The normalized spacial score (nSPS) is 10.8. The van der Waals surface area contributed by atoms with Gasteiger partial charge in [-0.15, -0.1) is 0 Å². The number of carbonyl (C=O) groups excluding carboxylic acids is 1. The molecule has 14 heavy (non-hydrogen) atoms. The van der Waals surface area contributed by atoms with Crippen molar-refractivity contribution in [3.63, 3.8) is 0 Å². The number of rotatable bonds is 3. The molecule has 0 saturated carbocycles. The third-order valence-corrected chi connectivity index (χ3v) is 1.68. The number of aromatic nitrogens is 2. The molecule has 1 heterocycles. The molecular formula is C9H14N4O. The summed E-state index contributed by atoms with van der Waals surface area (Å²) < 4.78 is 1.65. The number of nitrogens with one attached hydrogen (secondary N) is 1. The first-order valence-electron chi connectivity index (χ1n) is 4.31. The SMILES string of the molecule is Cc1nn(C)cc1NC(=O)/C=C/CN. The van der Waals surface area contributed by atoms with Crippen LogP contribution in [0.1, 0.15) is 5.69 Å². The minimum Gasteiger partial charge on any atom is -0.327 e. The van der Waals surface area contributed by atoms with Crippen molar-refractivity contribution in [2.75, 3.05) is 11.9 Å². The van der Waals surface area contributed by atoms with E-state index < -0.39 is 0 Å². The van der Waals surface area contributed by atoms with E-state index in [2.05, 4.69) is 10.4 Å². The minimum absolute atomic E-state index is 0.188.